The van der Waals surface area contributed by atoms with E-state index < -0.39 is 20.8 Å². The molecule has 5 heteroatoms. The van der Waals surface area contributed by atoms with Crippen LogP contribution in [-0.4, -0.2) is 17.4 Å². The van der Waals surface area contributed by atoms with Crippen molar-refractivity contribution >= 4 is 23.2 Å². The summed E-state index contributed by atoms with van der Waals surface area (Å²) in [6.45, 7) is 8.74. The van der Waals surface area contributed by atoms with E-state index in [-0.39, 0.29) is 5.41 Å². The molecule has 0 bridgehead atoms. The van der Waals surface area contributed by atoms with E-state index >= 15 is 0 Å². The van der Waals surface area contributed by atoms with Gasteiger partial charge >= 0.3 is 37.9 Å². The van der Waals surface area contributed by atoms with Gasteiger partial charge in [0.05, 0.1) is 0 Å². The van der Waals surface area contributed by atoms with Gasteiger partial charge in [-0.25, -0.2) is 0 Å². The summed E-state index contributed by atoms with van der Waals surface area (Å²) in [7, 11) is 9.87. The van der Waals surface area contributed by atoms with E-state index in [1.165, 1.54) is 18.4 Å². The number of aromatic hydroxyl groups is 1. The first kappa shape index (κ1) is 24.6. The SMILES string of the molecule is Cc1cc(C=NC2CCC(C)CC2)c(O)c(C(C)(C)c2ccccc2)c1.[Cl][Zr][Cl]. The van der Waals surface area contributed by atoms with Crippen molar-refractivity contribution in [2.75, 3.05) is 0 Å². The minimum absolute atomic E-state index is 0.264. The Balaban J connectivity index is 0.000000941. The van der Waals surface area contributed by atoms with Crippen LogP contribution in [0.1, 0.15) is 68.7 Å². The molecule has 0 spiro atoms. The van der Waals surface area contributed by atoms with Crippen molar-refractivity contribution in [3.63, 3.8) is 0 Å². The molecular weight excluding hydrogens is 480 g/mol. The molecule has 2 aromatic carbocycles. The van der Waals surface area contributed by atoms with Crippen LogP contribution in [0, 0.1) is 12.8 Å². The van der Waals surface area contributed by atoms with Crippen LogP contribution < -0.4 is 0 Å². The summed E-state index contributed by atoms with van der Waals surface area (Å²) < 4.78 is 0. The molecule has 156 valence electrons. The molecule has 29 heavy (non-hydrogen) atoms. The van der Waals surface area contributed by atoms with Crippen molar-refractivity contribution < 1.29 is 26.0 Å². The Labute approximate surface area is 194 Å². The molecule has 1 N–H and O–H groups in total. The minimum atomic E-state index is -0.826. The molecular formula is C24H31Cl2NOZr. The fraction of sp³-hybridized carbons (Fsp3) is 0.458. The molecule has 0 heterocycles. The normalized spacial score (nSPS) is 19.5. The van der Waals surface area contributed by atoms with Crippen molar-refractivity contribution in [3.05, 3.63) is 64.7 Å². The van der Waals surface area contributed by atoms with Gasteiger partial charge in [-0.1, -0.05) is 57.2 Å². The maximum absolute atomic E-state index is 11.0. The Bertz CT molecular complexity index is 800. The van der Waals surface area contributed by atoms with Gasteiger partial charge in [-0.3, -0.25) is 4.99 Å². The molecule has 1 aliphatic rings. The average molecular weight is 512 g/mol. The molecule has 0 aromatic heterocycles. The van der Waals surface area contributed by atoms with Gasteiger partial charge in [-0.15, -0.1) is 0 Å². The summed E-state index contributed by atoms with van der Waals surface area (Å²) in [6, 6.07) is 14.9. The number of phenolic OH excluding ortho intramolecular Hbond substituents is 1. The average Bonchev–Trinajstić information content (AvgIpc) is 2.70. The van der Waals surface area contributed by atoms with Gasteiger partial charge in [-0.05, 0) is 55.7 Å². The number of nitrogens with zero attached hydrogens (tertiary/aromatic N) is 1. The van der Waals surface area contributed by atoms with Crippen LogP contribution in [0.15, 0.2) is 47.5 Å². The van der Waals surface area contributed by atoms with E-state index in [0.717, 1.165) is 35.4 Å². The van der Waals surface area contributed by atoms with Gasteiger partial charge in [0.15, 0.2) is 0 Å². The molecule has 0 amide bonds. The second-order valence-corrected chi connectivity index (χ2v) is 12.2. The van der Waals surface area contributed by atoms with E-state index in [2.05, 4.69) is 58.0 Å². The van der Waals surface area contributed by atoms with Gasteiger partial charge in [0.1, 0.15) is 5.75 Å². The number of aliphatic imine (C=N–C) groups is 1. The molecule has 1 fully saturated rings. The third-order valence-electron chi connectivity index (χ3n) is 5.86. The van der Waals surface area contributed by atoms with Gasteiger partial charge in [0, 0.05) is 28.8 Å². The molecule has 2 aromatic rings. The molecule has 0 aliphatic heterocycles. The fourth-order valence-corrected chi connectivity index (χ4v) is 3.97. The number of halogens is 2. The molecule has 0 unspecified atom stereocenters. The Morgan fingerprint density at radius 3 is 2.24 bits per heavy atom. The first-order chi connectivity index (χ1) is 13.8. The van der Waals surface area contributed by atoms with Gasteiger partial charge in [0.25, 0.3) is 0 Å². The van der Waals surface area contributed by atoms with E-state index in [9.17, 15) is 5.11 Å². The monoisotopic (exact) mass is 509 g/mol. The van der Waals surface area contributed by atoms with Crippen LogP contribution in [0.3, 0.4) is 0 Å². The number of hydrogen-bond acceptors (Lipinski definition) is 2. The third kappa shape index (κ3) is 6.95. The van der Waals surface area contributed by atoms with Crippen LogP contribution in [0.4, 0.5) is 0 Å². The number of hydrogen-bond donors (Lipinski definition) is 1. The van der Waals surface area contributed by atoms with Crippen molar-refractivity contribution in [3.8, 4) is 5.75 Å². The zero-order chi connectivity index (χ0) is 21.4. The Hall–Kier alpha value is -0.627. The molecule has 1 aliphatic carbocycles. The van der Waals surface area contributed by atoms with E-state index in [0.29, 0.717) is 11.8 Å². The van der Waals surface area contributed by atoms with Crippen molar-refractivity contribution in [1.82, 2.24) is 0 Å². The maximum atomic E-state index is 11.0. The first-order valence-corrected chi connectivity index (χ1v) is 16.5. The molecule has 0 radical (unpaired) electrons. The quantitative estimate of drug-likeness (QED) is 0.426. The second kappa shape index (κ2) is 11.7. The van der Waals surface area contributed by atoms with Crippen molar-refractivity contribution in [2.24, 2.45) is 10.9 Å². The van der Waals surface area contributed by atoms with E-state index in [1.54, 1.807) is 0 Å². The van der Waals surface area contributed by atoms with E-state index in [1.807, 2.05) is 18.3 Å². The van der Waals surface area contributed by atoms with Crippen molar-refractivity contribution in [1.29, 1.82) is 0 Å². The zero-order valence-electron chi connectivity index (χ0n) is 17.8. The number of phenols is 1. The van der Waals surface area contributed by atoms with Crippen LogP contribution in [0.25, 0.3) is 0 Å². The third-order valence-corrected chi connectivity index (χ3v) is 5.86. The number of aryl methyl sites for hydroxylation is 1. The zero-order valence-corrected chi connectivity index (χ0v) is 21.7. The summed E-state index contributed by atoms with van der Waals surface area (Å²) in [6.07, 6.45) is 6.73. The second-order valence-electron chi connectivity index (χ2n) is 8.50. The van der Waals surface area contributed by atoms with Crippen LogP contribution in [-0.2, 0) is 26.3 Å². The van der Waals surface area contributed by atoms with Gasteiger partial charge in [0.2, 0.25) is 0 Å². The van der Waals surface area contributed by atoms with Crippen LogP contribution in [0.5, 0.6) is 5.75 Å². The molecule has 0 saturated heterocycles. The predicted octanol–water partition coefficient (Wildman–Crippen LogP) is 7.40. The molecule has 0 atom stereocenters. The first-order valence-electron chi connectivity index (χ1n) is 10.2. The summed E-state index contributed by atoms with van der Waals surface area (Å²) >= 11 is -0.826. The van der Waals surface area contributed by atoms with Gasteiger partial charge < -0.3 is 5.11 Å². The molecule has 2 nitrogen and oxygen atoms in total. The predicted molar refractivity (Wildman–Crippen MR) is 122 cm³/mol. The summed E-state index contributed by atoms with van der Waals surface area (Å²) in [4.78, 5) is 4.80. The van der Waals surface area contributed by atoms with Crippen LogP contribution >= 0.6 is 17.0 Å². The number of rotatable bonds is 4. The standard InChI is InChI=1S/C24H31NO.2ClH.Zr/c1-17-10-12-21(13-11-17)25-16-19-14-18(2)15-22(23(19)26)24(3,4)20-8-6-5-7-9-20;;;/h5-9,14-17,21,26H,10-13H2,1-4H3;2*1H;/q;;;+2/p-2. The number of benzene rings is 2. The molecule has 1 saturated carbocycles. The van der Waals surface area contributed by atoms with Gasteiger partial charge in [-0.2, -0.15) is 0 Å². The Morgan fingerprint density at radius 2 is 1.66 bits per heavy atom. The van der Waals surface area contributed by atoms with E-state index in [4.69, 9.17) is 22.0 Å². The Kier molecular flexibility index (Phi) is 9.92. The summed E-state index contributed by atoms with van der Waals surface area (Å²) in [5.74, 6) is 1.18. The topological polar surface area (TPSA) is 32.6 Å². The summed E-state index contributed by atoms with van der Waals surface area (Å²) in [5.41, 5.74) is 3.89. The van der Waals surface area contributed by atoms with Crippen LogP contribution in [0.2, 0.25) is 0 Å². The fourth-order valence-electron chi connectivity index (χ4n) is 3.97. The molecule has 3 rings (SSSR count). The summed E-state index contributed by atoms with van der Waals surface area (Å²) in [5, 5.41) is 11.0. The van der Waals surface area contributed by atoms with Crippen molar-refractivity contribution in [2.45, 2.75) is 64.8 Å². The Morgan fingerprint density at radius 1 is 1.07 bits per heavy atom.